The third-order valence-corrected chi connectivity index (χ3v) is 3.55. The van der Waals surface area contributed by atoms with Crippen molar-refractivity contribution in [3.8, 4) is 0 Å². The average Bonchev–Trinajstić information content (AvgIpc) is 2.60. The molecule has 0 amide bonds. The van der Waals surface area contributed by atoms with Gasteiger partial charge in [0.15, 0.2) is 0 Å². The molecule has 1 atom stereocenters. The summed E-state index contributed by atoms with van der Waals surface area (Å²) in [5.41, 5.74) is -0.922. The molecule has 96 valence electrons. The second-order valence-corrected chi connectivity index (χ2v) is 5.62. The van der Waals surface area contributed by atoms with E-state index in [-0.39, 0.29) is 6.04 Å². The predicted molar refractivity (Wildman–Crippen MR) is 68.2 cm³/mol. The van der Waals surface area contributed by atoms with Crippen molar-refractivity contribution in [3.05, 3.63) is 12.4 Å². The summed E-state index contributed by atoms with van der Waals surface area (Å²) in [6.07, 6.45) is 3.62. The van der Waals surface area contributed by atoms with E-state index in [0.717, 1.165) is 4.90 Å². The van der Waals surface area contributed by atoms with Gasteiger partial charge in [-0.1, -0.05) is 0 Å². The number of carboxylic acid groups (broad SMARTS) is 1. The first-order valence-corrected chi connectivity index (χ1v) is 6.44. The van der Waals surface area contributed by atoms with E-state index in [2.05, 4.69) is 10.4 Å². The van der Waals surface area contributed by atoms with Crippen LogP contribution >= 0.6 is 11.8 Å². The molecule has 1 aromatic rings. The van der Waals surface area contributed by atoms with Crippen LogP contribution in [0.15, 0.2) is 17.3 Å². The summed E-state index contributed by atoms with van der Waals surface area (Å²) in [7, 11) is 1.84. The number of hydrogen-bond donors (Lipinski definition) is 2. The van der Waals surface area contributed by atoms with Crippen molar-refractivity contribution in [1.82, 2.24) is 15.1 Å². The van der Waals surface area contributed by atoms with Crippen molar-refractivity contribution in [2.45, 2.75) is 37.2 Å². The third kappa shape index (κ3) is 4.05. The summed E-state index contributed by atoms with van der Waals surface area (Å²) in [5, 5.41) is 16.4. The molecule has 6 heteroatoms. The van der Waals surface area contributed by atoms with Gasteiger partial charge < -0.3 is 5.11 Å². The van der Waals surface area contributed by atoms with Crippen LogP contribution in [0.25, 0.3) is 0 Å². The van der Waals surface area contributed by atoms with Crippen LogP contribution in [0.4, 0.5) is 0 Å². The van der Waals surface area contributed by atoms with Gasteiger partial charge in [0.1, 0.15) is 5.54 Å². The topological polar surface area (TPSA) is 67.2 Å². The maximum absolute atomic E-state index is 11.3. The van der Waals surface area contributed by atoms with Crippen LogP contribution < -0.4 is 5.32 Å². The second kappa shape index (κ2) is 5.55. The van der Waals surface area contributed by atoms with Gasteiger partial charge in [-0.3, -0.25) is 14.8 Å². The number of carboxylic acids is 1. The lowest BCUT2D eigenvalue weighted by molar-refractivity contribution is -0.143. The maximum atomic E-state index is 11.3. The van der Waals surface area contributed by atoms with Crippen molar-refractivity contribution in [2.24, 2.45) is 7.05 Å². The second-order valence-electron chi connectivity index (χ2n) is 4.57. The van der Waals surface area contributed by atoms with E-state index >= 15 is 0 Å². The molecular weight excluding hydrogens is 238 g/mol. The van der Waals surface area contributed by atoms with E-state index in [0.29, 0.717) is 5.75 Å². The standard InChI is InChI=1S/C11H19N3O2S/c1-8(2)13-11(3,10(15)16)7-17-9-5-12-14(4)6-9/h5-6,8,13H,7H2,1-4H3,(H,15,16). The Bertz CT molecular complexity index is 392. The Balaban J connectivity index is 2.64. The van der Waals surface area contributed by atoms with Crippen LogP contribution in [0.1, 0.15) is 20.8 Å². The number of hydrogen-bond acceptors (Lipinski definition) is 4. The molecule has 1 rings (SSSR count). The maximum Gasteiger partial charge on any atom is 0.324 e. The highest BCUT2D eigenvalue weighted by molar-refractivity contribution is 7.99. The smallest absolute Gasteiger partial charge is 0.324 e. The molecule has 17 heavy (non-hydrogen) atoms. The fraction of sp³-hybridized carbons (Fsp3) is 0.636. The molecule has 0 aliphatic heterocycles. The van der Waals surface area contributed by atoms with Crippen molar-refractivity contribution >= 4 is 17.7 Å². The molecule has 0 fully saturated rings. The summed E-state index contributed by atoms with van der Waals surface area (Å²) < 4.78 is 1.70. The van der Waals surface area contributed by atoms with E-state index in [1.807, 2.05) is 27.1 Å². The van der Waals surface area contributed by atoms with Crippen LogP contribution in [0.2, 0.25) is 0 Å². The number of aryl methyl sites for hydroxylation is 1. The average molecular weight is 257 g/mol. The summed E-state index contributed by atoms with van der Waals surface area (Å²) >= 11 is 1.49. The lowest BCUT2D eigenvalue weighted by atomic mass is 10.1. The highest BCUT2D eigenvalue weighted by atomic mass is 32.2. The van der Waals surface area contributed by atoms with E-state index in [1.165, 1.54) is 11.8 Å². The Morgan fingerprint density at radius 1 is 1.71 bits per heavy atom. The van der Waals surface area contributed by atoms with Crippen LogP contribution in [0, 0.1) is 0 Å². The molecule has 5 nitrogen and oxygen atoms in total. The molecule has 1 aromatic heterocycles. The number of aliphatic carboxylic acids is 1. The van der Waals surface area contributed by atoms with Gasteiger partial charge in [-0.2, -0.15) is 5.10 Å². The van der Waals surface area contributed by atoms with Crippen molar-refractivity contribution in [1.29, 1.82) is 0 Å². The molecule has 1 unspecified atom stereocenters. The zero-order valence-electron chi connectivity index (χ0n) is 10.6. The summed E-state index contributed by atoms with van der Waals surface area (Å²) in [6.45, 7) is 5.59. The molecule has 0 radical (unpaired) electrons. The molecule has 0 aromatic carbocycles. The Kier molecular flexibility index (Phi) is 4.59. The first-order valence-electron chi connectivity index (χ1n) is 5.46. The van der Waals surface area contributed by atoms with Gasteiger partial charge in [-0.05, 0) is 20.8 Å². The van der Waals surface area contributed by atoms with E-state index in [4.69, 9.17) is 0 Å². The first-order chi connectivity index (χ1) is 7.83. The zero-order valence-corrected chi connectivity index (χ0v) is 11.4. The van der Waals surface area contributed by atoms with Gasteiger partial charge in [0.05, 0.1) is 6.20 Å². The first kappa shape index (κ1) is 14.1. The minimum atomic E-state index is -0.922. The molecule has 2 N–H and O–H groups in total. The Labute approximate surface area is 106 Å². The summed E-state index contributed by atoms with van der Waals surface area (Å²) in [4.78, 5) is 12.3. The number of rotatable bonds is 6. The minimum Gasteiger partial charge on any atom is -0.480 e. The molecule has 0 aliphatic rings. The Morgan fingerprint density at radius 3 is 2.76 bits per heavy atom. The monoisotopic (exact) mass is 257 g/mol. The quantitative estimate of drug-likeness (QED) is 0.753. The Morgan fingerprint density at radius 2 is 2.35 bits per heavy atom. The van der Waals surface area contributed by atoms with Gasteiger partial charge in [0, 0.05) is 29.9 Å². The molecule has 0 aliphatic carbocycles. The van der Waals surface area contributed by atoms with Gasteiger partial charge >= 0.3 is 5.97 Å². The van der Waals surface area contributed by atoms with Crippen molar-refractivity contribution in [3.63, 3.8) is 0 Å². The van der Waals surface area contributed by atoms with Crippen LogP contribution in [-0.4, -0.2) is 38.2 Å². The zero-order chi connectivity index (χ0) is 13.1. The van der Waals surface area contributed by atoms with E-state index in [1.54, 1.807) is 17.8 Å². The minimum absolute atomic E-state index is 0.130. The predicted octanol–water partition coefficient (Wildman–Crippen LogP) is 1.35. The lowest BCUT2D eigenvalue weighted by Crippen LogP contribution is -2.54. The largest absolute Gasteiger partial charge is 0.480 e. The normalized spacial score (nSPS) is 14.9. The Hall–Kier alpha value is -1.01. The number of aromatic nitrogens is 2. The molecule has 0 bridgehead atoms. The van der Waals surface area contributed by atoms with Crippen LogP contribution in [-0.2, 0) is 11.8 Å². The van der Waals surface area contributed by atoms with Gasteiger partial charge in [-0.15, -0.1) is 11.8 Å². The molecule has 1 heterocycles. The molecule has 0 saturated carbocycles. The number of carbonyl (C=O) groups is 1. The summed E-state index contributed by atoms with van der Waals surface area (Å²) in [6, 6.07) is 0.130. The highest BCUT2D eigenvalue weighted by Gasteiger charge is 2.33. The highest BCUT2D eigenvalue weighted by Crippen LogP contribution is 2.22. The molecule has 0 saturated heterocycles. The summed E-state index contributed by atoms with van der Waals surface area (Å²) in [5.74, 6) is -0.366. The van der Waals surface area contributed by atoms with Crippen LogP contribution in [0.5, 0.6) is 0 Å². The van der Waals surface area contributed by atoms with E-state index < -0.39 is 11.5 Å². The third-order valence-electron chi connectivity index (χ3n) is 2.29. The number of thioether (sulfide) groups is 1. The number of nitrogens with zero attached hydrogens (tertiary/aromatic N) is 2. The van der Waals surface area contributed by atoms with E-state index in [9.17, 15) is 9.90 Å². The molecule has 0 spiro atoms. The molecular formula is C11H19N3O2S. The SMILES string of the molecule is CC(C)NC(C)(CSc1cnn(C)c1)C(=O)O. The number of nitrogens with one attached hydrogen (secondary N) is 1. The van der Waals surface area contributed by atoms with Crippen LogP contribution in [0.3, 0.4) is 0 Å². The van der Waals surface area contributed by atoms with Gasteiger partial charge in [0.25, 0.3) is 0 Å². The van der Waals surface area contributed by atoms with Gasteiger partial charge in [-0.25, -0.2) is 0 Å². The van der Waals surface area contributed by atoms with Crippen molar-refractivity contribution < 1.29 is 9.90 Å². The van der Waals surface area contributed by atoms with Crippen molar-refractivity contribution in [2.75, 3.05) is 5.75 Å². The fourth-order valence-corrected chi connectivity index (χ4v) is 2.51. The van der Waals surface area contributed by atoms with Gasteiger partial charge in [0.2, 0.25) is 0 Å². The lowest BCUT2D eigenvalue weighted by Gasteiger charge is -2.28. The fourth-order valence-electron chi connectivity index (χ4n) is 1.50.